The van der Waals surface area contributed by atoms with Gasteiger partial charge in [0.25, 0.3) is 0 Å². The molecule has 1 aliphatic rings. The number of hydrogen-bond acceptors (Lipinski definition) is 3. The van der Waals surface area contributed by atoms with Gasteiger partial charge in [0, 0.05) is 32.1 Å². The van der Waals surface area contributed by atoms with Gasteiger partial charge < -0.3 is 15.4 Å². The number of aromatic nitrogens is 1. The summed E-state index contributed by atoms with van der Waals surface area (Å²) in [6.45, 7) is 2.01. The molecule has 18 heavy (non-hydrogen) atoms. The Kier molecular flexibility index (Phi) is 4.96. The molecule has 5 nitrogen and oxygen atoms in total. The van der Waals surface area contributed by atoms with E-state index < -0.39 is 0 Å². The summed E-state index contributed by atoms with van der Waals surface area (Å²) >= 11 is 0. The lowest BCUT2D eigenvalue weighted by atomic mass is 10.2. The molecule has 5 heteroatoms. The van der Waals surface area contributed by atoms with Gasteiger partial charge in [-0.3, -0.25) is 4.98 Å². The molecular weight excluding hydrogens is 230 g/mol. The first-order valence-electron chi connectivity index (χ1n) is 6.37. The van der Waals surface area contributed by atoms with Crippen LogP contribution in [0, 0.1) is 0 Å². The molecule has 1 saturated heterocycles. The van der Waals surface area contributed by atoms with Crippen LogP contribution in [0.2, 0.25) is 0 Å². The van der Waals surface area contributed by atoms with Gasteiger partial charge in [-0.25, -0.2) is 4.79 Å². The van der Waals surface area contributed by atoms with E-state index in [0.717, 1.165) is 31.4 Å². The molecule has 2 amide bonds. The van der Waals surface area contributed by atoms with Gasteiger partial charge in [-0.05, 0) is 30.9 Å². The van der Waals surface area contributed by atoms with Crippen molar-refractivity contribution in [2.45, 2.75) is 31.9 Å². The molecule has 1 aromatic rings. The molecule has 1 fully saturated rings. The lowest BCUT2D eigenvalue weighted by Gasteiger charge is -2.10. The van der Waals surface area contributed by atoms with E-state index in [0.29, 0.717) is 19.2 Å². The van der Waals surface area contributed by atoms with E-state index in [-0.39, 0.29) is 6.03 Å². The van der Waals surface area contributed by atoms with Crippen molar-refractivity contribution in [3.05, 3.63) is 30.1 Å². The van der Waals surface area contributed by atoms with Gasteiger partial charge in [0.05, 0.1) is 6.10 Å². The number of amides is 2. The highest BCUT2D eigenvalue weighted by Gasteiger charge is 2.14. The Morgan fingerprint density at radius 1 is 1.50 bits per heavy atom. The maximum atomic E-state index is 11.5. The van der Waals surface area contributed by atoms with Crippen molar-refractivity contribution < 1.29 is 9.53 Å². The largest absolute Gasteiger partial charge is 0.378 e. The quantitative estimate of drug-likeness (QED) is 0.830. The normalized spacial score (nSPS) is 18.6. The number of carbonyl (C=O) groups excluding carboxylic acids is 1. The maximum absolute atomic E-state index is 11.5. The molecule has 0 radical (unpaired) electrons. The summed E-state index contributed by atoms with van der Waals surface area (Å²) in [6, 6.07) is 3.64. The Bertz CT molecular complexity index is 364. The van der Waals surface area contributed by atoms with Crippen LogP contribution in [0.3, 0.4) is 0 Å². The predicted octanol–water partition coefficient (Wildman–Crippen LogP) is 1.45. The number of urea groups is 1. The molecule has 1 aromatic heterocycles. The second-order valence-corrected chi connectivity index (χ2v) is 4.39. The van der Waals surface area contributed by atoms with E-state index in [1.165, 1.54) is 0 Å². The smallest absolute Gasteiger partial charge is 0.315 e. The lowest BCUT2D eigenvalue weighted by Crippen LogP contribution is -2.36. The Morgan fingerprint density at radius 3 is 3.17 bits per heavy atom. The summed E-state index contributed by atoms with van der Waals surface area (Å²) in [5.41, 5.74) is 0.992. The van der Waals surface area contributed by atoms with Crippen LogP contribution in [0.5, 0.6) is 0 Å². The molecule has 1 unspecified atom stereocenters. The van der Waals surface area contributed by atoms with Crippen molar-refractivity contribution in [1.29, 1.82) is 0 Å². The Labute approximate surface area is 107 Å². The minimum atomic E-state index is -0.142. The van der Waals surface area contributed by atoms with Crippen molar-refractivity contribution in [3.63, 3.8) is 0 Å². The number of hydrogen-bond donors (Lipinski definition) is 2. The van der Waals surface area contributed by atoms with E-state index in [9.17, 15) is 4.79 Å². The van der Waals surface area contributed by atoms with Crippen molar-refractivity contribution in [3.8, 4) is 0 Å². The molecule has 1 aliphatic heterocycles. The van der Waals surface area contributed by atoms with Gasteiger partial charge in [0.15, 0.2) is 0 Å². The molecule has 2 N–H and O–H groups in total. The number of pyridine rings is 1. The molecule has 98 valence electrons. The molecule has 0 saturated carbocycles. The van der Waals surface area contributed by atoms with Gasteiger partial charge in [-0.15, -0.1) is 0 Å². The third-order valence-corrected chi connectivity index (χ3v) is 2.95. The Balaban J connectivity index is 1.57. The predicted molar refractivity (Wildman–Crippen MR) is 68.1 cm³/mol. The molecule has 2 rings (SSSR count). The zero-order chi connectivity index (χ0) is 12.6. The standard InChI is InChI=1S/C13H19N3O2/c17-13(15-7-5-12-4-2-8-18-12)16-10-11-3-1-6-14-9-11/h1,3,6,9,12H,2,4-5,7-8,10H2,(H2,15,16,17). The minimum Gasteiger partial charge on any atom is -0.378 e. The average Bonchev–Trinajstić information content (AvgIpc) is 2.91. The summed E-state index contributed by atoms with van der Waals surface area (Å²) in [5.74, 6) is 0. The van der Waals surface area contributed by atoms with E-state index >= 15 is 0 Å². The fourth-order valence-electron chi connectivity index (χ4n) is 1.97. The average molecular weight is 249 g/mol. The fourth-order valence-corrected chi connectivity index (χ4v) is 1.97. The summed E-state index contributed by atoms with van der Waals surface area (Å²) in [5, 5.41) is 5.62. The van der Waals surface area contributed by atoms with E-state index in [4.69, 9.17) is 4.74 Å². The minimum absolute atomic E-state index is 0.142. The van der Waals surface area contributed by atoms with Crippen molar-refractivity contribution >= 4 is 6.03 Å². The highest BCUT2D eigenvalue weighted by atomic mass is 16.5. The summed E-state index contributed by atoms with van der Waals surface area (Å²) in [6.07, 6.45) is 6.92. The van der Waals surface area contributed by atoms with Crippen LogP contribution < -0.4 is 10.6 Å². The van der Waals surface area contributed by atoms with E-state index in [1.807, 2.05) is 12.1 Å². The summed E-state index contributed by atoms with van der Waals surface area (Å²) in [4.78, 5) is 15.5. The molecule has 0 aliphatic carbocycles. The maximum Gasteiger partial charge on any atom is 0.315 e. The van der Waals surface area contributed by atoms with E-state index in [2.05, 4.69) is 15.6 Å². The van der Waals surface area contributed by atoms with E-state index in [1.54, 1.807) is 12.4 Å². The first-order chi connectivity index (χ1) is 8.84. The number of carbonyl (C=O) groups is 1. The van der Waals surface area contributed by atoms with Crippen LogP contribution in [0.4, 0.5) is 4.79 Å². The van der Waals surface area contributed by atoms with Crippen LogP contribution in [0.1, 0.15) is 24.8 Å². The van der Waals surface area contributed by atoms with Crippen LogP contribution in [-0.2, 0) is 11.3 Å². The molecular formula is C13H19N3O2. The Hall–Kier alpha value is -1.62. The first-order valence-corrected chi connectivity index (χ1v) is 6.37. The van der Waals surface area contributed by atoms with Crippen molar-refractivity contribution in [2.24, 2.45) is 0 Å². The highest BCUT2D eigenvalue weighted by Crippen LogP contribution is 2.14. The van der Waals surface area contributed by atoms with Crippen molar-refractivity contribution in [1.82, 2.24) is 15.6 Å². The van der Waals surface area contributed by atoms with Gasteiger partial charge >= 0.3 is 6.03 Å². The molecule has 0 aromatic carbocycles. The summed E-state index contributed by atoms with van der Waals surface area (Å²) in [7, 11) is 0. The van der Waals surface area contributed by atoms with Gasteiger partial charge in [0.1, 0.15) is 0 Å². The monoisotopic (exact) mass is 249 g/mol. The van der Waals surface area contributed by atoms with Gasteiger partial charge in [-0.1, -0.05) is 6.07 Å². The highest BCUT2D eigenvalue weighted by molar-refractivity contribution is 5.73. The van der Waals surface area contributed by atoms with Crippen LogP contribution in [0.25, 0.3) is 0 Å². The number of nitrogens with zero attached hydrogens (tertiary/aromatic N) is 1. The Morgan fingerprint density at radius 2 is 2.44 bits per heavy atom. The molecule has 0 spiro atoms. The van der Waals surface area contributed by atoms with Gasteiger partial charge in [0.2, 0.25) is 0 Å². The number of nitrogens with one attached hydrogen (secondary N) is 2. The van der Waals surface area contributed by atoms with Gasteiger partial charge in [-0.2, -0.15) is 0 Å². The van der Waals surface area contributed by atoms with Crippen LogP contribution in [-0.4, -0.2) is 30.3 Å². The number of ether oxygens (including phenoxy) is 1. The third-order valence-electron chi connectivity index (χ3n) is 2.95. The second-order valence-electron chi connectivity index (χ2n) is 4.39. The lowest BCUT2D eigenvalue weighted by molar-refractivity contribution is 0.104. The van der Waals surface area contributed by atoms with Crippen LogP contribution in [0.15, 0.2) is 24.5 Å². The second kappa shape index (κ2) is 6.96. The topological polar surface area (TPSA) is 63.2 Å². The van der Waals surface area contributed by atoms with Crippen molar-refractivity contribution in [2.75, 3.05) is 13.2 Å². The summed E-state index contributed by atoms with van der Waals surface area (Å²) < 4.78 is 5.48. The number of rotatable bonds is 5. The molecule has 1 atom stereocenters. The van der Waals surface area contributed by atoms with Crippen LogP contribution >= 0.6 is 0 Å². The zero-order valence-electron chi connectivity index (χ0n) is 10.4. The third kappa shape index (κ3) is 4.33. The molecule has 2 heterocycles. The zero-order valence-corrected chi connectivity index (χ0v) is 10.4. The fraction of sp³-hybridized carbons (Fsp3) is 0.538. The first kappa shape index (κ1) is 12.8. The molecule has 0 bridgehead atoms. The SMILES string of the molecule is O=C(NCCC1CCCO1)NCc1cccnc1.